The van der Waals surface area contributed by atoms with E-state index in [4.69, 9.17) is 5.26 Å². The van der Waals surface area contributed by atoms with Crippen molar-refractivity contribution in [1.82, 2.24) is 0 Å². The van der Waals surface area contributed by atoms with Crippen molar-refractivity contribution in [1.29, 1.82) is 5.26 Å². The second-order valence-corrected chi connectivity index (χ2v) is 3.35. The third-order valence-corrected chi connectivity index (χ3v) is 2.10. The Morgan fingerprint density at radius 3 is 2.67 bits per heavy atom. The van der Waals surface area contributed by atoms with Gasteiger partial charge in [0.1, 0.15) is 5.92 Å². The quantitative estimate of drug-likeness (QED) is 0.659. The Hall–Kier alpha value is -2.56. The first-order valence-corrected chi connectivity index (χ1v) is 4.71. The number of carbonyl (C=O) groups is 1. The number of halogens is 2. The number of nitriles is 1. The maximum Gasteiger partial charge on any atom is 0.296 e. The van der Waals surface area contributed by atoms with Gasteiger partial charge in [0.25, 0.3) is 5.69 Å². The highest BCUT2D eigenvalue weighted by molar-refractivity contribution is 5.96. The summed E-state index contributed by atoms with van der Waals surface area (Å²) in [6.07, 6.45) is 0. The van der Waals surface area contributed by atoms with Crippen LogP contribution < -0.4 is 5.32 Å². The molecule has 0 heterocycles. The Bertz CT molecular complexity index is 554. The van der Waals surface area contributed by atoms with E-state index in [2.05, 4.69) is 0 Å². The number of hydrogen-bond donors (Lipinski definition) is 1. The minimum atomic E-state index is -1.54. The summed E-state index contributed by atoms with van der Waals surface area (Å²) in [6.45, 7) is 1.22. The van der Waals surface area contributed by atoms with Crippen LogP contribution in [0, 0.1) is 39.0 Å². The lowest BCUT2D eigenvalue weighted by atomic mass is 10.2. The van der Waals surface area contributed by atoms with Crippen LogP contribution in [-0.4, -0.2) is 10.8 Å². The van der Waals surface area contributed by atoms with Crippen LogP contribution >= 0.6 is 0 Å². The number of carbonyl (C=O) groups excluding carboxylic acids is 1. The Morgan fingerprint density at radius 2 is 2.17 bits per heavy atom. The van der Waals surface area contributed by atoms with Crippen LogP contribution in [0.1, 0.15) is 6.92 Å². The summed E-state index contributed by atoms with van der Waals surface area (Å²) < 4.78 is 26.3. The van der Waals surface area contributed by atoms with Gasteiger partial charge in [0.15, 0.2) is 17.3 Å². The van der Waals surface area contributed by atoms with Crippen molar-refractivity contribution >= 4 is 17.3 Å². The second-order valence-electron chi connectivity index (χ2n) is 3.35. The summed E-state index contributed by atoms with van der Waals surface area (Å²) in [4.78, 5) is 21.0. The second kappa shape index (κ2) is 5.18. The fourth-order valence-corrected chi connectivity index (χ4v) is 1.10. The lowest BCUT2D eigenvalue weighted by Crippen LogP contribution is -2.20. The number of anilines is 1. The van der Waals surface area contributed by atoms with E-state index in [-0.39, 0.29) is 0 Å². The molecule has 0 fully saturated rings. The Labute approximate surface area is 100.0 Å². The van der Waals surface area contributed by atoms with Crippen LogP contribution in [0.3, 0.4) is 0 Å². The van der Waals surface area contributed by atoms with Crippen LogP contribution in [0.25, 0.3) is 0 Å². The molecule has 0 aromatic heterocycles. The molecule has 1 rings (SSSR count). The summed E-state index contributed by atoms with van der Waals surface area (Å²) in [5.74, 6) is -4.97. The lowest BCUT2D eigenvalue weighted by Gasteiger charge is -2.08. The van der Waals surface area contributed by atoms with E-state index in [9.17, 15) is 23.7 Å². The van der Waals surface area contributed by atoms with Gasteiger partial charge < -0.3 is 5.32 Å². The van der Waals surface area contributed by atoms with E-state index < -0.39 is 39.8 Å². The summed E-state index contributed by atoms with van der Waals surface area (Å²) in [7, 11) is 0. The van der Waals surface area contributed by atoms with Crippen LogP contribution in [0.5, 0.6) is 0 Å². The van der Waals surface area contributed by atoms with E-state index in [1.807, 2.05) is 5.32 Å². The molecule has 0 aliphatic carbocycles. The summed E-state index contributed by atoms with van der Waals surface area (Å²) >= 11 is 0. The fourth-order valence-electron chi connectivity index (χ4n) is 1.10. The first-order chi connectivity index (χ1) is 8.38. The molecule has 8 heteroatoms. The molecule has 0 aliphatic rings. The zero-order valence-corrected chi connectivity index (χ0v) is 9.11. The van der Waals surface area contributed by atoms with Gasteiger partial charge in [-0.05, 0) is 13.0 Å². The van der Waals surface area contributed by atoms with Gasteiger partial charge >= 0.3 is 0 Å². The Morgan fingerprint density at radius 1 is 1.56 bits per heavy atom. The fraction of sp³-hybridized carbons (Fsp3) is 0.200. The number of nitro groups is 1. The average Bonchev–Trinajstić information content (AvgIpc) is 2.33. The Kier molecular flexibility index (Phi) is 3.89. The molecule has 0 saturated carbocycles. The first-order valence-electron chi connectivity index (χ1n) is 4.71. The maximum absolute atomic E-state index is 13.4. The SMILES string of the molecule is CC(C#N)C(=O)Nc1c([N+](=O)[O-])ccc(F)c1F. The topological polar surface area (TPSA) is 96.0 Å². The van der Waals surface area contributed by atoms with E-state index in [1.54, 1.807) is 6.07 Å². The minimum Gasteiger partial charge on any atom is -0.317 e. The number of amides is 1. The molecule has 1 unspecified atom stereocenters. The van der Waals surface area contributed by atoms with E-state index in [0.29, 0.717) is 6.07 Å². The molecular formula is C10H7F2N3O3. The van der Waals surface area contributed by atoms with Gasteiger partial charge in [-0.15, -0.1) is 0 Å². The minimum absolute atomic E-state index is 0.580. The highest BCUT2D eigenvalue weighted by atomic mass is 19.2. The molecule has 0 bridgehead atoms. The van der Waals surface area contributed by atoms with Crippen molar-refractivity contribution in [2.45, 2.75) is 6.92 Å². The van der Waals surface area contributed by atoms with Crippen molar-refractivity contribution < 1.29 is 18.5 Å². The van der Waals surface area contributed by atoms with Crippen LogP contribution in [0.15, 0.2) is 12.1 Å². The van der Waals surface area contributed by atoms with Crippen molar-refractivity contribution in [2.75, 3.05) is 5.32 Å². The number of nitrogens with zero attached hydrogens (tertiary/aromatic N) is 2. The molecule has 18 heavy (non-hydrogen) atoms. The largest absolute Gasteiger partial charge is 0.317 e. The molecule has 6 nitrogen and oxygen atoms in total. The monoisotopic (exact) mass is 255 g/mol. The van der Waals surface area contributed by atoms with Gasteiger partial charge in [-0.3, -0.25) is 14.9 Å². The van der Waals surface area contributed by atoms with Gasteiger partial charge in [0.2, 0.25) is 5.91 Å². The molecule has 0 saturated heterocycles. The van der Waals surface area contributed by atoms with Crippen molar-refractivity contribution in [3.05, 3.63) is 33.9 Å². The molecule has 0 aliphatic heterocycles. The van der Waals surface area contributed by atoms with Gasteiger partial charge in [0.05, 0.1) is 11.0 Å². The molecule has 0 radical (unpaired) electrons. The van der Waals surface area contributed by atoms with Crippen molar-refractivity contribution in [3.8, 4) is 6.07 Å². The predicted octanol–water partition coefficient (Wildman–Crippen LogP) is 1.97. The van der Waals surface area contributed by atoms with Gasteiger partial charge in [0, 0.05) is 6.07 Å². The molecule has 1 aromatic rings. The van der Waals surface area contributed by atoms with Gasteiger partial charge in [-0.1, -0.05) is 0 Å². The molecule has 1 atom stereocenters. The van der Waals surface area contributed by atoms with Crippen molar-refractivity contribution in [2.24, 2.45) is 5.92 Å². The number of benzene rings is 1. The first kappa shape index (κ1) is 13.5. The third-order valence-electron chi connectivity index (χ3n) is 2.10. The van der Waals surface area contributed by atoms with Crippen LogP contribution in [-0.2, 0) is 4.79 Å². The number of hydrogen-bond acceptors (Lipinski definition) is 4. The van der Waals surface area contributed by atoms with E-state index in [0.717, 1.165) is 6.07 Å². The lowest BCUT2D eigenvalue weighted by molar-refractivity contribution is -0.384. The van der Waals surface area contributed by atoms with Gasteiger partial charge in [-0.2, -0.15) is 5.26 Å². The summed E-state index contributed by atoms with van der Waals surface area (Å²) in [5, 5.41) is 20.9. The molecule has 0 spiro atoms. The van der Waals surface area contributed by atoms with E-state index >= 15 is 0 Å². The van der Waals surface area contributed by atoms with Crippen LogP contribution in [0.4, 0.5) is 20.2 Å². The Balaban J connectivity index is 3.22. The van der Waals surface area contributed by atoms with Gasteiger partial charge in [-0.25, -0.2) is 8.78 Å². The molecular weight excluding hydrogens is 248 g/mol. The number of nitrogens with one attached hydrogen (secondary N) is 1. The molecule has 1 N–H and O–H groups in total. The number of rotatable bonds is 3. The third kappa shape index (κ3) is 2.57. The highest BCUT2D eigenvalue weighted by Gasteiger charge is 2.24. The smallest absolute Gasteiger partial charge is 0.296 e. The van der Waals surface area contributed by atoms with Crippen LogP contribution in [0.2, 0.25) is 0 Å². The molecule has 1 amide bonds. The average molecular weight is 255 g/mol. The normalized spacial score (nSPS) is 11.4. The molecule has 94 valence electrons. The predicted molar refractivity (Wildman–Crippen MR) is 56.4 cm³/mol. The summed E-state index contributed by atoms with van der Waals surface area (Å²) in [5.41, 5.74) is -1.67. The standard InChI is InChI=1S/C10H7F2N3O3/c1-5(4-13)10(16)14-9-7(15(17)18)3-2-6(11)8(9)12/h2-3,5H,1H3,(H,14,16). The zero-order valence-electron chi connectivity index (χ0n) is 9.11. The zero-order chi connectivity index (χ0) is 13.9. The summed E-state index contributed by atoms with van der Waals surface area (Å²) in [6, 6.07) is 2.88. The molecule has 1 aromatic carbocycles. The van der Waals surface area contributed by atoms with E-state index in [1.165, 1.54) is 6.92 Å². The maximum atomic E-state index is 13.4. The number of nitro benzene ring substituents is 1. The highest BCUT2D eigenvalue weighted by Crippen LogP contribution is 2.29. The van der Waals surface area contributed by atoms with Crippen molar-refractivity contribution in [3.63, 3.8) is 0 Å².